The fourth-order valence-electron chi connectivity index (χ4n) is 1.15. The topological polar surface area (TPSA) is 17.1 Å². The Hall–Kier alpha value is -0.360. The van der Waals surface area contributed by atoms with Gasteiger partial charge in [0.1, 0.15) is 0 Å². The summed E-state index contributed by atoms with van der Waals surface area (Å²) in [5.41, 5.74) is -1.28. The van der Waals surface area contributed by atoms with Gasteiger partial charge in [-0.2, -0.15) is 13.2 Å². The lowest BCUT2D eigenvalue weighted by Crippen LogP contribution is -2.12. The molecule has 1 rings (SSSR count). The van der Waals surface area contributed by atoms with Gasteiger partial charge in [0.15, 0.2) is 5.78 Å². The predicted molar refractivity (Wildman–Crippen MR) is 56.8 cm³/mol. The normalized spacial score (nSPS) is 11.6. The molecule has 1 nitrogen and oxygen atoms in total. The molecular formula is C9H5Br2F3O. The highest BCUT2D eigenvalue weighted by Gasteiger charge is 2.35. The van der Waals surface area contributed by atoms with Gasteiger partial charge in [-0.25, -0.2) is 0 Å². The van der Waals surface area contributed by atoms with Crippen LogP contribution in [-0.4, -0.2) is 5.78 Å². The third-order valence-corrected chi connectivity index (χ3v) is 2.80. The summed E-state index contributed by atoms with van der Waals surface area (Å²) in [5.74, 6) is -0.623. The van der Waals surface area contributed by atoms with Gasteiger partial charge in [-0.15, -0.1) is 0 Å². The van der Waals surface area contributed by atoms with Gasteiger partial charge in [0, 0.05) is 14.5 Å². The average molecular weight is 346 g/mol. The van der Waals surface area contributed by atoms with E-state index >= 15 is 0 Å². The molecule has 1 aromatic carbocycles. The summed E-state index contributed by atoms with van der Waals surface area (Å²) in [7, 11) is 0. The first-order valence-electron chi connectivity index (χ1n) is 3.80. The fraction of sp³-hybridized carbons (Fsp3) is 0.222. The minimum absolute atomic E-state index is 0.136. The number of ketones is 1. The van der Waals surface area contributed by atoms with Gasteiger partial charge in [0.25, 0.3) is 0 Å². The molecule has 0 aliphatic heterocycles. The number of carbonyl (C=O) groups excluding carboxylic acids is 1. The van der Waals surface area contributed by atoms with Crippen LogP contribution in [0.1, 0.15) is 22.8 Å². The van der Waals surface area contributed by atoms with Crippen molar-refractivity contribution in [3.8, 4) is 0 Å². The Bertz CT molecular complexity index is 413. The maximum atomic E-state index is 12.6. The molecule has 0 saturated carbocycles. The van der Waals surface area contributed by atoms with Gasteiger partial charge in [0.2, 0.25) is 0 Å². The molecule has 6 heteroatoms. The zero-order chi connectivity index (χ0) is 11.8. The van der Waals surface area contributed by atoms with Crippen molar-refractivity contribution < 1.29 is 18.0 Å². The molecule has 0 radical (unpaired) electrons. The van der Waals surface area contributed by atoms with Crippen LogP contribution in [0.5, 0.6) is 0 Å². The summed E-state index contributed by atoms with van der Waals surface area (Å²) >= 11 is 5.89. The number of Topliss-reactive ketones (excluding diaryl/α,β-unsaturated/α-hetero) is 1. The second-order valence-corrected chi connectivity index (χ2v) is 4.63. The number of carbonyl (C=O) groups is 1. The molecule has 0 atom stereocenters. The van der Waals surface area contributed by atoms with Crippen molar-refractivity contribution in [2.24, 2.45) is 0 Å². The SMILES string of the molecule is CC(=O)c1c(Br)cc(Br)cc1C(F)(F)F. The van der Waals surface area contributed by atoms with E-state index < -0.39 is 17.5 Å². The Balaban J connectivity index is 3.54. The van der Waals surface area contributed by atoms with Crippen LogP contribution in [0.4, 0.5) is 13.2 Å². The van der Waals surface area contributed by atoms with Gasteiger partial charge in [0.05, 0.1) is 5.56 Å². The van der Waals surface area contributed by atoms with Crippen molar-refractivity contribution in [2.45, 2.75) is 13.1 Å². The summed E-state index contributed by atoms with van der Waals surface area (Å²) in [6.07, 6.45) is -4.53. The van der Waals surface area contributed by atoms with Crippen LogP contribution < -0.4 is 0 Å². The molecule has 0 aliphatic carbocycles. The lowest BCUT2D eigenvalue weighted by Gasteiger charge is -2.12. The Kier molecular flexibility index (Phi) is 3.60. The second-order valence-electron chi connectivity index (χ2n) is 2.86. The maximum Gasteiger partial charge on any atom is 0.417 e. The van der Waals surface area contributed by atoms with Crippen LogP contribution in [-0.2, 0) is 6.18 Å². The zero-order valence-electron chi connectivity index (χ0n) is 7.45. The molecular weight excluding hydrogens is 341 g/mol. The predicted octanol–water partition coefficient (Wildman–Crippen LogP) is 4.43. The van der Waals surface area contributed by atoms with Crippen LogP contribution in [0.3, 0.4) is 0 Å². The van der Waals surface area contributed by atoms with E-state index in [1.165, 1.54) is 6.07 Å². The number of halogens is 5. The van der Waals surface area contributed by atoms with Crippen molar-refractivity contribution >= 4 is 37.6 Å². The minimum atomic E-state index is -4.53. The quantitative estimate of drug-likeness (QED) is 0.688. The van der Waals surface area contributed by atoms with Gasteiger partial charge >= 0.3 is 6.18 Å². The number of rotatable bonds is 1. The van der Waals surface area contributed by atoms with Crippen molar-refractivity contribution in [1.82, 2.24) is 0 Å². The summed E-state index contributed by atoms with van der Waals surface area (Å²) in [5, 5.41) is 0. The largest absolute Gasteiger partial charge is 0.417 e. The second kappa shape index (κ2) is 4.25. The standard InChI is InChI=1S/C9H5Br2F3O/c1-4(15)8-6(9(12,13)14)2-5(10)3-7(8)11/h2-3H,1H3. The molecule has 0 saturated heterocycles. The van der Waals surface area contributed by atoms with Crippen molar-refractivity contribution in [3.05, 3.63) is 32.2 Å². The highest BCUT2D eigenvalue weighted by Crippen LogP contribution is 2.37. The van der Waals surface area contributed by atoms with Crippen LogP contribution >= 0.6 is 31.9 Å². The maximum absolute atomic E-state index is 12.6. The molecule has 0 spiro atoms. The third kappa shape index (κ3) is 2.81. The fourth-order valence-corrected chi connectivity index (χ4v) is 2.66. The van der Waals surface area contributed by atoms with Crippen molar-refractivity contribution in [3.63, 3.8) is 0 Å². The monoisotopic (exact) mass is 344 g/mol. The van der Waals surface area contributed by atoms with Crippen molar-refractivity contribution in [1.29, 1.82) is 0 Å². The van der Waals surface area contributed by atoms with E-state index in [1.54, 1.807) is 0 Å². The minimum Gasteiger partial charge on any atom is -0.294 e. The number of benzene rings is 1. The number of hydrogen-bond acceptors (Lipinski definition) is 1. The van der Waals surface area contributed by atoms with E-state index in [-0.39, 0.29) is 14.5 Å². The Morgan fingerprint density at radius 2 is 1.80 bits per heavy atom. The molecule has 0 unspecified atom stereocenters. The van der Waals surface area contributed by atoms with E-state index in [0.29, 0.717) is 0 Å². The molecule has 0 heterocycles. The van der Waals surface area contributed by atoms with E-state index in [0.717, 1.165) is 13.0 Å². The molecule has 0 bridgehead atoms. The lowest BCUT2D eigenvalue weighted by molar-refractivity contribution is -0.138. The smallest absolute Gasteiger partial charge is 0.294 e. The van der Waals surface area contributed by atoms with Gasteiger partial charge < -0.3 is 0 Å². The average Bonchev–Trinajstić information content (AvgIpc) is 1.99. The van der Waals surface area contributed by atoms with E-state index in [4.69, 9.17) is 0 Å². The summed E-state index contributed by atoms with van der Waals surface area (Å²) in [6.45, 7) is 1.10. The zero-order valence-corrected chi connectivity index (χ0v) is 10.6. The van der Waals surface area contributed by atoms with Crippen molar-refractivity contribution in [2.75, 3.05) is 0 Å². The molecule has 0 fully saturated rings. The highest BCUT2D eigenvalue weighted by atomic mass is 79.9. The number of hydrogen-bond donors (Lipinski definition) is 0. The highest BCUT2D eigenvalue weighted by molar-refractivity contribution is 9.11. The first-order chi connectivity index (χ1) is 6.73. The van der Waals surface area contributed by atoms with E-state index in [1.807, 2.05) is 0 Å². The van der Waals surface area contributed by atoms with Crippen LogP contribution in [0.2, 0.25) is 0 Å². The molecule has 0 N–H and O–H groups in total. The summed E-state index contributed by atoms with van der Waals surface area (Å²) < 4.78 is 38.1. The summed E-state index contributed by atoms with van der Waals surface area (Å²) in [6, 6.07) is 2.30. The van der Waals surface area contributed by atoms with Crippen LogP contribution in [0, 0.1) is 0 Å². The molecule has 0 amide bonds. The Morgan fingerprint density at radius 1 is 1.27 bits per heavy atom. The number of alkyl halides is 3. The third-order valence-electron chi connectivity index (χ3n) is 1.71. The molecule has 82 valence electrons. The molecule has 0 aliphatic rings. The van der Waals surface area contributed by atoms with Crippen LogP contribution in [0.15, 0.2) is 21.1 Å². The molecule has 15 heavy (non-hydrogen) atoms. The van der Waals surface area contributed by atoms with Gasteiger partial charge in [-0.3, -0.25) is 4.79 Å². The van der Waals surface area contributed by atoms with Gasteiger partial charge in [-0.1, -0.05) is 15.9 Å². The first-order valence-corrected chi connectivity index (χ1v) is 5.39. The van der Waals surface area contributed by atoms with E-state index in [9.17, 15) is 18.0 Å². The molecule has 1 aromatic rings. The Morgan fingerprint density at radius 3 is 2.20 bits per heavy atom. The van der Waals surface area contributed by atoms with E-state index in [2.05, 4.69) is 31.9 Å². The van der Waals surface area contributed by atoms with Crippen LogP contribution in [0.25, 0.3) is 0 Å². The Labute approximate surface area is 101 Å². The van der Waals surface area contributed by atoms with Gasteiger partial charge in [-0.05, 0) is 35.0 Å². The summed E-state index contributed by atoms with van der Waals surface area (Å²) in [4.78, 5) is 11.1. The molecule has 0 aromatic heterocycles. The lowest BCUT2D eigenvalue weighted by atomic mass is 10.0. The first kappa shape index (κ1) is 12.7.